The monoisotopic (exact) mass is 230 g/mol. The second kappa shape index (κ2) is 3.58. The number of rotatable bonds is 3. The van der Waals surface area contributed by atoms with Gasteiger partial charge in [0.25, 0.3) is 0 Å². The molecule has 3 rings (SSSR count). The van der Waals surface area contributed by atoms with Crippen LogP contribution in [0.3, 0.4) is 0 Å². The van der Waals surface area contributed by atoms with Gasteiger partial charge in [0.2, 0.25) is 0 Å². The highest BCUT2D eigenvalue weighted by Crippen LogP contribution is 2.38. The minimum Gasteiger partial charge on any atom is -0.478 e. The van der Waals surface area contributed by atoms with Crippen molar-refractivity contribution in [3.8, 4) is 0 Å². The quantitative estimate of drug-likeness (QED) is 0.881. The van der Waals surface area contributed by atoms with Crippen LogP contribution in [0.15, 0.2) is 18.2 Å². The summed E-state index contributed by atoms with van der Waals surface area (Å²) in [7, 11) is 0. The zero-order valence-electron chi connectivity index (χ0n) is 9.68. The summed E-state index contributed by atoms with van der Waals surface area (Å²) in [5.41, 5.74) is 2.20. The smallest absolute Gasteiger partial charge is 0.335 e. The Hall–Kier alpha value is -1.84. The standard InChI is InChI=1S/C13H14N2O2/c1-2-12-14-10-6-3-8(13(16)17)7-11(10)15(12)9-4-5-9/h3,6-7,9H,2,4-5H2,1H3,(H,16,17). The molecule has 1 aromatic heterocycles. The molecule has 0 amide bonds. The van der Waals surface area contributed by atoms with Gasteiger partial charge in [0, 0.05) is 12.5 Å². The van der Waals surface area contributed by atoms with E-state index in [4.69, 9.17) is 5.11 Å². The molecule has 1 aliphatic rings. The van der Waals surface area contributed by atoms with Crippen molar-refractivity contribution in [3.63, 3.8) is 0 Å². The van der Waals surface area contributed by atoms with Crippen LogP contribution in [0.1, 0.15) is 42.0 Å². The van der Waals surface area contributed by atoms with Gasteiger partial charge < -0.3 is 9.67 Å². The lowest BCUT2D eigenvalue weighted by Crippen LogP contribution is -2.01. The van der Waals surface area contributed by atoms with E-state index in [9.17, 15) is 4.79 Å². The molecule has 1 saturated carbocycles. The first kappa shape index (κ1) is 10.3. The molecule has 0 spiro atoms. The highest BCUT2D eigenvalue weighted by Gasteiger charge is 2.27. The highest BCUT2D eigenvalue weighted by molar-refractivity contribution is 5.92. The Bertz CT molecular complexity index is 597. The van der Waals surface area contributed by atoms with Crippen molar-refractivity contribution >= 4 is 17.0 Å². The Balaban J connectivity index is 2.25. The van der Waals surface area contributed by atoms with Crippen molar-refractivity contribution in [1.29, 1.82) is 0 Å². The minimum absolute atomic E-state index is 0.335. The number of aryl methyl sites for hydroxylation is 1. The van der Waals surface area contributed by atoms with E-state index in [1.165, 1.54) is 12.8 Å². The third-order valence-electron chi connectivity index (χ3n) is 3.24. The summed E-state index contributed by atoms with van der Waals surface area (Å²) < 4.78 is 2.21. The average molecular weight is 230 g/mol. The maximum Gasteiger partial charge on any atom is 0.335 e. The fraction of sp³-hybridized carbons (Fsp3) is 0.385. The van der Waals surface area contributed by atoms with E-state index in [-0.39, 0.29) is 0 Å². The van der Waals surface area contributed by atoms with Crippen LogP contribution in [0.5, 0.6) is 0 Å². The lowest BCUT2D eigenvalue weighted by Gasteiger charge is -2.05. The maximum absolute atomic E-state index is 11.0. The van der Waals surface area contributed by atoms with Crippen molar-refractivity contribution in [2.45, 2.75) is 32.2 Å². The Labute approximate surface area is 98.9 Å². The molecule has 1 aliphatic carbocycles. The summed E-state index contributed by atoms with van der Waals surface area (Å²) in [5, 5.41) is 9.02. The molecule has 0 atom stereocenters. The van der Waals surface area contributed by atoms with Gasteiger partial charge in [-0.05, 0) is 31.0 Å². The predicted molar refractivity (Wildman–Crippen MR) is 64.3 cm³/mol. The molecule has 0 aliphatic heterocycles. The van der Waals surface area contributed by atoms with Gasteiger partial charge in [0.1, 0.15) is 5.82 Å². The van der Waals surface area contributed by atoms with Crippen LogP contribution in [0.2, 0.25) is 0 Å². The number of carboxylic acid groups (broad SMARTS) is 1. The molecule has 1 fully saturated rings. The van der Waals surface area contributed by atoms with Crippen LogP contribution in [0.4, 0.5) is 0 Å². The van der Waals surface area contributed by atoms with E-state index >= 15 is 0 Å². The van der Waals surface area contributed by atoms with Gasteiger partial charge in [0.05, 0.1) is 16.6 Å². The van der Waals surface area contributed by atoms with Crippen LogP contribution in [0.25, 0.3) is 11.0 Å². The molecule has 1 N–H and O–H groups in total. The molecule has 4 nitrogen and oxygen atoms in total. The second-order valence-electron chi connectivity index (χ2n) is 4.49. The van der Waals surface area contributed by atoms with Gasteiger partial charge in [-0.15, -0.1) is 0 Å². The first-order valence-electron chi connectivity index (χ1n) is 5.95. The molecule has 0 bridgehead atoms. The van der Waals surface area contributed by atoms with E-state index in [1.54, 1.807) is 18.2 Å². The number of carboxylic acids is 1. The van der Waals surface area contributed by atoms with Gasteiger partial charge in [-0.1, -0.05) is 6.92 Å². The van der Waals surface area contributed by atoms with Crippen molar-refractivity contribution in [2.24, 2.45) is 0 Å². The number of aromatic carboxylic acids is 1. The molecular formula is C13H14N2O2. The maximum atomic E-state index is 11.0. The summed E-state index contributed by atoms with van der Waals surface area (Å²) in [5.74, 6) is 0.179. The van der Waals surface area contributed by atoms with Gasteiger partial charge in [-0.25, -0.2) is 9.78 Å². The van der Waals surface area contributed by atoms with Crippen LogP contribution in [0, 0.1) is 0 Å². The van der Waals surface area contributed by atoms with E-state index < -0.39 is 5.97 Å². The van der Waals surface area contributed by atoms with Crippen LogP contribution >= 0.6 is 0 Å². The number of benzene rings is 1. The average Bonchev–Trinajstić information content (AvgIpc) is 3.08. The Kier molecular flexibility index (Phi) is 2.18. The lowest BCUT2D eigenvalue weighted by molar-refractivity contribution is 0.0697. The fourth-order valence-electron chi connectivity index (χ4n) is 2.27. The number of fused-ring (bicyclic) bond motifs is 1. The van der Waals surface area contributed by atoms with E-state index in [0.717, 1.165) is 23.3 Å². The number of hydrogen-bond donors (Lipinski definition) is 1. The normalized spacial score (nSPS) is 15.4. The topological polar surface area (TPSA) is 55.1 Å². The molecule has 4 heteroatoms. The molecule has 2 aromatic rings. The zero-order chi connectivity index (χ0) is 12.0. The molecule has 1 aromatic carbocycles. The molecular weight excluding hydrogens is 216 g/mol. The molecule has 1 heterocycles. The Morgan fingerprint density at radius 3 is 2.88 bits per heavy atom. The highest BCUT2D eigenvalue weighted by atomic mass is 16.4. The number of nitrogens with zero attached hydrogens (tertiary/aromatic N) is 2. The van der Waals surface area contributed by atoms with Gasteiger partial charge in [0.15, 0.2) is 0 Å². The van der Waals surface area contributed by atoms with Gasteiger partial charge >= 0.3 is 5.97 Å². The van der Waals surface area contributed by atoms with Crippen molar-refractivity contribution in [3.05, 3.63) is 29.6 Å². The fourth-order valence-corrected chi connectivity index (χ4v) is 2.27. The zero-order valence-corrected chi connectivity index (χ0v) is 9.68. The molecule has 0 unspecified atom stereocenters. The summed E-state index contributed by atoms with van der Waals surface area (Å²) in [4.78, 5) is 15.6. The molecule has 17 heavy (non-hydrogen) atoms. The SMILES string of the molecule is CCc1nc2ccc(C(=O)O)cc2n1C1CC1. The van der Waals surface area contributed by atoms with E-state index in [2.05, 4.69) is 16.5 Å². The van der Waals surface area contributed by atoms with Crippen LogP contribution < -0.4 is 0 Å². The summed E-state index contributed by atoms with van der Waals surface area (Å²) in [6, 6.07) is 5.69. The van der Waals surface area contributed by atoms with Crippen LogP contribution in [-0.4, -0.2) is 20.6 Å². The predicted octanol–water partition coefficient (Wildman–Crippen LogP) is 2.63. The molecule has 0 saturated heterocycles. The Morgan fingerprint density at radius 2 is 2.29 bits per heavy atom. The van der Waals surface area contributed by atoms with Crippen molar-refractivity contribution in [1.82, 2.24) is 9.55 Å². The number of imidazole rings is 1. The van der Waals surface area contributed by atoms with E-state index in [0.29, 0.717) is 11.6 Å². The second-order valence-corrected chi connectivity index (χ2v) is 4.49. The first-order chi connectivity index (χ1) is 8.20. The van der Waals surface area contributed by atoms with Crippen LogP contribution in [-0.2, 0) is 6.42 Å². The van der Waals surface area contributed by atoms with Crippen molar-refractivity contribution < 1.29 is 9.90 Å². The molecule has 0 radical (unpaired) electrons. The van der Waals surface area contributed by atoms with Crippen molar-refractivity contribution in [2.75, 3.05) is 0 Å². The largest absolute Gasteiger partial charge is 0.478 e. The molecule has 88 valence electrons. The number of aromatic nitrogens is 2. The third-order valence-corrected chi connectivity index (χ3v) is 3.24. The summed E-state index contributed by atoms with van der Waals surface area (Å²) in [6.07, 6.45) is 3.24. The lowest BCUT2D eigenvalue weighted by atomic mass is 10.2. The summed E-state index contributed by atoms with van der Waals surface area (Å²) in [6.45, 7) is 2.08. The third kappa shape index (κ3) is 1.60. The van der Waals surface area contributed by atoms with Gasteiger partial charge in [-0.2, -0.15) is 0 Å². The minimum atomic E-state index is -0.881. The first-order valence-corrected chi connectivity index (χ1v) is 5.95. The summed E-state index contributed by atoms with van der Waals surface area (Å²) >= 11 is 0. The Morgan fingerprint density at radius 1 is 1.53 bits per heavy atom. The van der Waals surface area contributed by atoms with Gasteiger partial charge in [-0.3, -0.25) is 0 Å². The number of carbonyl (C=O) groups is 1. The van der Waals surface area contributed by atoms with E-state index in [1.807, 2.05) is 0 Å². The number of hydrogen-bond acceptors (Lipinski definition) is 2.